The van der Waals surface area contributed by atoms with Gasteiger partial charge in [-0.05, 0) is 22.4 Å². The minimum Gasteiger partial charge on any atom is -0.383 e. The monoisotopic (exact) mass is 416 g/mol. The van der Waals surface area contributed by atoms with Crippen molar-refractivity contribution in [3.05, 3.63) is 58.3 Å². The molecule has 6 heteroatoms. The summed E-state index contributed by atoms with van der Waals surface area (Å²) in [5, 5.41) is 2.01. The quantitative estimate of drug-likeness (QED) is 0.584. The van der Waals surface area contributed by atoms with Crippen molar-refractivity contribution in [2.75, 3.05) is 26.8 Å². The summed E-state index contributed by atoms with van der Waals surface area (Å²) < 4.78 is 5.16. The summed E-state index contributed by atoms with van der Waals surface area (Å²) in [5.41, 5.74) is 0.938. The second-order valence-electron chi connectivity index (χ2n) is 8.36. The van der Waals surface area contributed by atoms with E-state index < -0.39 is 0 Å². The van der Waals surface area contributed by atoms with E-state index in [1.165, 1.54) is 0 Å². The van der Waals surface area contributed by atoms with Crippen LogP contribution in [0.4, 0.5) is 0 Å². The Morgan fingerprint density at radius 3 is 2.28 bits per heavy atom. The Morgan fingerprint density at radius 1 is 0.966 bits per heavy atom. The number of carbonyl (C=O) groups is 2. The Kier molecular flexibility index (Phi) is 8.86. The van der Waals surface area contributed by atoms with Gasteiger partial charge in [0.25, 0.3) is 0 Å². The van der Waals surface area contributed by atoms with Crippen molar-refractivity contribution in [1.82, 2.24) is 9.80 Å². The van der Waals surface area contributed by atoms with Crippen LogP contribution in [0, 0.1) is 5.41 Å². The summed E-state index contributed by atoms with van der Waals surface area (Å²) in [7, 11) is 1.60. The van der Waals surface area contributed by atoms with Crippen molar-refractivity contribution in [3.8, 4) is 0 Å². The van der Waals surface area contributed by atoms with Crippen LogP contribution in [0.15, 0.2) is 47.8 Å². The topological polar surface area (TPSA) is 49.9 Å². The molecular formula is C23H32N2O3S. The third-order valence-electron chi connectivity index (χ3n) is 4.42. The first-order valence-electron chi connectivity index (χ1n) is 9.89. The number of benzene rings is 1. The number of nitrogens with zero attached hydrogens (tertiary/aromatic N) is 2. The van der Waals surface area contributed by atoms with Gasteiger partial charge < -0.3 is 14.5 Å². The third-order valence-corrected chi connectivity index (χ3v) is 5.28. The summed E-state index contributed by atoms with van der Waals surface area (Å²) >= 11 is 1.63. The zero-order valence-corrected chi connectivity index (χ0v) is 18.7. The summed E-state index contributed by atoms with van der Waals surface area (Å²) in [6, 6.07) is 14.0. The molecule has 0 fully saturated rings. The van der Waals surface area contributed by atoms with E-state index in [0.29, 0.717) is 32.7 Å². The van der Waals surface area contributed by atoms with Crippen molar-refractivity contribution >= 4 is 23.2 Å². The summed E-state index contributed by atoms with van der Waals surface area (Å²) in [6.07, 6.45) is 0.396. The van der Waals surface area contributed by atoms with Gasteiger partial charge in [0.2, 0.25) is 11.8 Å². The first kappa shape index (κ1) is 23.1. The van der Waals surface area contributed by atoms with Crippen molar-refractivity contribution < 1.29 is 14.3 Å². The molecule has 158 valence electrons. The molecule has 0 spiro atoms. The van der Waals surface area contributed by atoms with Gasteiger partial charge in [-0.2, -0.15) is 0 Å². The van der Waals surface area contributed by atoms with Gasteiger partial charge in [-0.3, -0.25) is 9.59 Å². The number of hydrogen-bond acceptors (Lipinski definition) is 4. The fourth-order valence-electron chi connectivity index (χ4n) is 2.95. The van der Waals surface area contributed by atoms with Gasteiger partial charge in [-0.25, -0.2) is 0 Å². The number of thiophene rings is 1. The molecule has 1 heterocycles. The lowest BCUT2D eigenvalue weighted by atomic mass is 9.91. The summed E-state index contributed by atoms with van der Waals surface area (Å²) in [5.74, 6) is -0.0701. The maximum absolute atomic E-state index is 13.2. The predicted molar refractivity (Wildman–Crippen MR) is 118 cm³/mol. The van der Waals surface area contributed by atoms with E-state index in [9.17, 15) is 9.59 Å². The average Bonchev–Trinajstić information content (AvgIpc) is 3.17. The van der Waals surface area contributed by atoms with E-state index in [1.807, 2.05) is 73.5 Å². The summed E-state index contributed by atoms with van der Waals surface area (Å²) in [4.78, 5) is 30.6. The average molecular weight is 417 g/mol. The molecule has 1 aromatic heterocycles. The lowest BCUT2D eigenvalue weighted by Gasteiger charge is -2.29. The van der Waals surface area contributed by atoms with Gasteiger partial charge in [0.05, 0.1) is 19.7 Å². The first-order chi connectivity index (χ1) is 13.8. The van der Waals surface area contributed by atoms with Crippen molar-refractivity contribution in [1.29, 1.82) is 0 Å². The molecule has 0 atom stereocenters. The fraction of sp³-hybridized carbons (Fsp3) is 0.478. The second kappa shape index (κ2) is 11.1. The van der Waals surface area contributed by atoms with E-state index in [4.69, 9.17) is 4.74 Å². The van der Waals surface area contributed by atoms with Crippen molar-refractivity contribution in [3.63, 3.8) is 0 Å². The molecule has 0 aliphatic carbocycles. The van der Waals surface area contributed by atoms with Crippen LogP contribution in [-0.2, 0) is 27.4 Å². The van der Waals surface area contributed by atoms with Crippen LogP contribution in [0.2, 0.25) is 0 Å². The molecule has 0 radical (unpaired) electrons. The molecule has 0 bridgehead atoms. The van der Waals surface area contributed by atoms with Gasteiger partial charge in [-0.1, -0.05) is 57.2 Å². The highest BCUT2D eigenvalue weighted by Gasteiger charge is 2.25. The minimum atomic E-state index is -0.133. The second-order valence-corrected chi connectivity index (χ2v) is 9.39. The molecule has 5 nitrogen and oxygen atoms in total. The van der Waals surface area contributed by atoms with E-state index in [0.717, 1.165) is 10.4 Å². The van der Waals surface area contributed by atoms with E-state index in [1.54, 1.807) is 23.3 Å². The highest BCUT2D eigenvalue weighted by Crippen LogP contribution is 2.20. The van der Waals surface area contributed by atoms with Crippen LogP contribution in [-0.4, -0.2) is 48.4 Å². The molecule has 2 rings (SSSR count). The lowest BCUT2D eigenvalue weighted by molar-refractivity contribution is -0.142. The molecule has 0 aliphatic rings. The van der Waals surface area contributed by atoms with Crippen molar-refractivity contribution in [2.45, 2.75) is 40.3 Å². The number of hydrogen-bond donors (Lipinski definition) is 0. The van der Waals surface area contributed by atoms with Gasteiger partial charge >= 0.3 is 0 Å². The Bertz CT molecular complexity index is 754. The molecule has 29 heavy (non-hydrogen) atoms. The molecule has 0 N–H and O–H groups in total. The molecule has 0 saturated carbocycles. The molecule has 2 aromatic rings. The zero-order valence-electron chi connectivity index (χ0n) is 17.9. The molecule has 2 amide bonds. The zero-order chi connectivity index (χ0) is 21.3. The van der Waals surface area contributed by atoms with E-state index in [2.05, 4.69) is 0 Å². The third kappa shape index (κ3) is 8.38. The van der Waals surface area contributed by atoms with Crippen molar-refractivity contribution in [2.24, 2.45) is 5.41 Å². The van der Waals surface area contributed by atoms with Crippen LogP contribution in [0.5, 0.6) is 0 Å². The maximum Gasteiger partial charge on any atom is 0.242 e. The lowest BCUT2D eigenvalue weighted by Crippen LogP contribution is -2.44. The van der Waals surface area contributed by atoms with Gasteiger partial charge in [0.15, 0.2) is 0 Å². The Balaban J connectivity index is 2.14. The number of carbonyl (C=O) groups excluding carboxylic acids is 2. The number of ether oxygens (including phenoxy) is 1. The van der Waals surface area contributed by atoms with E-state index in [-0.39, 0.29) is 23.8 Å². The predicted octanol–water partition coefficient (Wildman–Crippen LogP) is 4.19. The Labute approximate surface area is 178 Å². The van der Waals surface area contributed by atoms with Crippen LogP contribution in [0.1, 0.15) is 37.6 Å². The number of amides is 2. The molecule has 0 aliphatic heterocycles. The van der Waals surface area contributed by atoms with Crippen LogP contribution in [0.25, 0.3) is 0 Å². The largest absolute Gasteiger partial charge is 0.383 e. The van der Waals surface area contributed by atoms with Gasteiger partial charge in [-0.15, -0.1) is 11.3 Å². The molecule has 0 saturated heterocycles. The highest BCUT2D eigenvalue weighted by atomic mass is 32.1. The summed E-state index contributed by atoms with van der Waals surface area (Å²) in [6.45, 7) is 8.03. The van der Waals surface area contributed by atoms with Gasteiger partial charge in [0, 0.05) is 31.5 Å². The van der Waals surface area contributed by atoms with Gasteiger partial charge in [0.1, 0.15) is 0 Å². The Hall–Kier alpha value is -2.18. The fourth-order valence-corrected chi connectivity index (χ4v) is 3.67. The molecular weight excluding hydrogens is 384 g/mol. The normalized spacial score (nSPS) is 11.3. The van der Waals surface area contributed by atoms with E-state index >= 15 is 0 Å². The molecule has 0 unspecified atom stereocenters. The highest BCUT2D eigenvalue weighted by molar-refractivity contribution is 7.09. The van der Waals surface area contributed by atoms with Crippen LogP contribution in [0.3, 0.4) is 0 Å². The standard InChI is InChI=1S/C23H32N2O3S/c1-23(2,3)15-21(26)24(12-13-28-4)18-22(27)25(17-20-11-8-14-29-20)16-19-9-6-5-7-10-19/h5-11,14H,12-13,15-18H2,1-4H3. The SMILES string of the molecule is COCCN(CC(=O)N(Cc1ccccc1)Cc1cccs1)C(=O)CC(C)(C)C. The maximum atomic E-state index is 13.2. The van der Waals surface area contributed by atoms with Crippen LogP contribution < -0.4 is 0 Å². The Morgan fingerprint density at radius 2 is 1.69 bits per heavy atom. The number of rotatable bonds is 10. The number of methoxy groups -OCH3 is 1. The minimum absolute atomic E-state index is 0.0151. The first-order valence-corrected chi connectivity index (χ1v) is 10.8. The molecule has 1 aromatic carbocycles. The smallest absolute Gasteiger partial charge is 0.242 e. The van der Waals surface area contributed by atoms with Crippen LogP contribution >= 0.6 is 11.3 Å².